The zero-order chi connectivity index (χ0) is 20.8. The van der Waals surface area contributed by atoms with Crippen LogP contribution in [0.2, 0.25) is 0 Å². The minimum absolute atomic E-state index is 0.0114. The van der Waals surface area contributed by atoms with Crippen LogP contribution in [0.5, 0.6) is 0 Å². The Labute approximate surface area is 171 Å². The molecule has 5 aromatic rings. The molecule has 146 valence electrons. The van der Waals surface area contributed by atoms with Gasteiger partial charge >= 0.3 is 0 Å². The number of hydrogen-bond donors (Lipinski definition) is 0. The maximum atomic E-state index is 11.3. The molecule has 3 aromatic carbocycles. The Morgan fingerprint density at radius 3 is 2.33 bits per heavy atom. The largest absolute Gasteiger partial charge is 0.275 e. The molecule has 0 fully saturated rings. The number of benzene rings is 3. The lowest BCUT2D eigenvalue weighted by Gasteiger charge is -2.11. The van der Waals surface area contributed by atoms with Gasteiger partial charge in [0.05, 0.1) is 16.0 Å². The Kier molecular flexibility index (Phi) is 4.03. The molecule has 0 spiro atoms. The van der Waals surface area contributed by atoms with Gasteiger partial charge in [-0.3, -0.25) is 14.7 Å². The van der Waals surface area contributed by atoms with Crippen LogP contribution in [0.4, 0.5) is 5.69 Å². The predicted octanol–water partition coefficient (Wildman–Crippen LogP) is 5.16. The van der Waals surface area contributed by atoms with Crippen LogP contribution in [0, 0.1) is 24.0 Å². The Morgan fingerprint density at radius 2 is 1.60 bits per heavy atom. The highest BCUT2D eigenvalue weighted by atomic mass is 16.6. The molecule has 0 N–H and O–H groups in total. The van der Waals surface area contributed by atoms with Crippen LogP contribution in [0.15, 0.2) is 66.7 Å². The van der Waals surface area contributed by atoms with E-state index in [9.17, 15) is 10.1 Å². The predicted molar refractivity (Wildman–Crippen MR) is 116 cm³/mol. The Morgan fingerprint density at radius 1 is 0.833 bits per heavy atom. The van der Waals surface area contributed by atoms with E-state index in [0.717, 1.165) is 22.3 Å². The van der Waals surface area contributed by atoms with Crippen molar-refractivity contribution in [2.75, 3.05) is 0 Å². The van der Waals surface area contributed by atoms with Crippen LogP contribution in [0.1, 0.15) is 11.1 Å². The van der Waals surface area contributed by atoms with Gasteiger partial charge in [0.25, 0.3) is 5.69 Å². The molecule has 0 atom stereocenters. The number of nitro benzene ring substituents is 1. The molecule has 7 nitrogen and oxygen atoms in total. The van der Waals surface area contributed by atoms with E-state index in [1.807, 2.05) is 54.0 Å². The van der Waals surface area contributed by atoms with Crippen molar-refractivity contribution in [3.05, 3.63) is 88.0 Å². The summed E-state index contributed by atoms with van der Waals surface area (Å²) in [5.41, 5.74) is 6.45. The summed E-state index contributed by atoms with van der Waals surface area (Å²) in [7, 11) is 0. The minimum atomic E-state index is -0.405. The standard InChI is InChI=1S/C23H17N5O2/c1-14-10-11-17(12-15(14)2)27-22(16-6-5-7-18(13-16)28(29)30)26-21-23(27)25-20-9-4-3-8-19(20)24-21/h3-13H,1-2H3. The number of nitro groups is 1. The molecule has 0 saturated heterocycles. The average Bonchev–Trinajstić information content (AvgIpc) is 3.12. The summed E-state index contributed by atoms with van der Waals surface area (Å²) in [6.45, 7) is 4.10. The first-order chi connectivity index (χ1) is 14.5. The van der Waals surface area contributed by atoms with E-state index in [0.29, 0.717) is 22.7 Å². The Bertz CT molecular complexity index is 1460. The number of non-ortho nitro benzene ring substituents is 1. The average molecular weight is 395 g/mol. The van der Waals surface area contributed by atoms with E-state index in [1.54, 1.807) is 6.07 Å². The van der Waals surface area contributed by atoms with E-state index in [2.05, 4.69) is 18.0 Å². The van der Waals surface area contributed by atoms with Gasteiger partial charge in [-0.2, -0.15) is 0 Å². The lowest BCUT2D eigenvalue weighted by Crippen LogP contribution is -2.00. The molecule has 7 heteroatoms. The fraction of sp³-hybridized carbons (Fsp3) is 0.0870. The molecule has 0 unspecified atom stereocenters. The molecule has 0 radical (unpaired) electrons. The van der Waals surface area contributed by atoms with Gasteiger partial charge in [0.1, 0.15) is 5.82 Å². The molecule has 0 saturated carbocycles. The number of nitrogens with zero attached hydrogens (tertiary/aromatic N) is 5. The van der Waals surface area contributed by atoms with Crippen molar-refractivity contribution in [2.45, 2.75) is 13.8 Å². The summed E-state index contributed by atoms with van der Waals surface area (Å²) < 4.78 is 1.92. The summed E-state index contributed by atoms with van der Waals surface area (Å²) in [5.74, 6) is 0.562. The molecule has 2 aromatic heterocycles. The van der Waals surface area contributed by atoms with Crippen LogP contribution in [0.25, 0.3) is 39.4 Å². The highest BCUT2D eigenvalue weighted by Gasteiger charge is 2.19. The van der Waals surface area contributed by atoms with Gasteiger partial charge in [-0.1, -0.05) is 30.3 Å². The van der Waals surface area contributed by atoms with E-state index in [1.165, 1.54) is 17.7 Å². The number of imidazole rings is 1. The summed E-state index contributed by atoms with van der Waals surface area (Å²) in [6, 6.07) is 20.2. The van der Waals surface area contributed by atoms with Crippen LogP contribution in [0.3, 0.4) is 0 Å². The molecular weight excluding hydrogens is 378 g/mol. The first kappa shape index (κ1) is 17.9. The van der Waals surface area contributed by atoms with Crippen molar-refractivity contribution in [2.24, 2.45) is 0 Å². The van der Waals surface area contributed by atoms with Gasteiger partial charge in [-0.05, 0) is 49.2 Å². The van der Waals surface area contributed by atoms with Crippen molar-refractivity contribution in [3.8, 4) is 17.1 Å². The SMILES string of the molecule is Cc1ccc(-n2c(-c3cccc([N+](=O)[O-])c3)nc3nc4ccccc4nc32)cc1C. The normalized spacial score (nSPS) is 11.3. The first-order valence-corrected chi connectivity index (χ1v) is 9.49. The number of aryl methyl sites for hydroxylation is 2. The van der Waals surface area contributed by atoms with Gasteiger partial charge in [0, 0.05) is 23.4 Å². The first-order valence-electron chi connectivity index (χ1n) is 9.49. The number of fused-ring (bicyclic) bond motifs is 2. The van der Waals surface area contributed by atoms with Gasteiger partial charge in [0.2, 0.25) is 0 Å². The maximum Gasteiger partial charge on any atom is 0.270 e. The highest BCUT2D eigenvalue weighted by molar-refractivity contribution is 5.86. The van der Waals surface area contributed by atoms with Gasteiger partial charge in [-0.25, -0.2) is 15.0 Å². The van der Waals surface area contributed by atoms with Crippen molar-refractivity contribution in [3.63, 3.8) is 0 Å². The monoisotopic (exact) mass is 395 g/mol. The van der Waals surface area contributed by atoms with E-state index >= 15 is 0 Å². The second-order valence-electron chi connectivity index (χ2n) is 7.21. The third kappa shape index (κ3) is 2.88. The second kappa shape index (κ2) is 6.73. The lowest BCUT2D eigenvalue weighted by molar-refractivity contribution is -0.384. The molecule has 0 amide bonds. The fourth-order valence-corrected chi connectivity index (χ4v) is 3.52. The number of para-hydroxylation sites is 2. The van der Waals surface area contributed by atoms with Crippen molar-refractivity contribution in [1.82, 2.24) is 19.5 Å². The lowest BCUT2D eigenvalue weighted by atomic mass is 10.1. The Balaban J connectivity index is 1.87. The van der Waals surface area contributed by atoms with Gasteiger partial charge in [0.15, 0.2) is 11.3 Å². The number of hydrogen-bond acceptors (Lipinski definition) is 5. The zero-order valence-electron chi connectivity index (χ0n) is 16.4. The molecule has 30 heavy (non-hydrogen) atoms. The van der Waals surface area contributed by atoms with Crippen molar-refractivity contribution in [1.29, 1.82) is 0 Å². The smallest absolute Gasteiger partial charge is 0.270 e. The van der Waals surface area contributed by atoms with Gasteiger partial charge < -0.3 is 0 Å². The van der Waals surface area contributed by atoms with E-state index < -0.39 is 4.92 Å². The minimum Gasteiger partial charge on any atom is -0.275 e. The van der Waals surface area contributed by atoms with E-state index in [4.69, 9.17) is 9.97 Å². The molecule has 0 aliphatic heterocycles. The van der Waals surface area contributed by atoms with Crippen molar-refractivity contribution < 1.29 is 4.92 Å². The molecule has 0 bridgehead atoms. The van der Waals surface area contributed by atoms with Gasteiger partial charge in [-0.15, -0.1) is 0 Å². The van der Waals surface area contributed by atoms with Crippen LogP contribution in [-0.4, -0.2) is 24.4 Å². The summed E-state index contributed by atoms with van der Waals surface area (Å²) in [5, 5.41) is 11.3. The van der Waals surface area contributed by atoms with Crippen LogP contribution >= 0.6 is 0 Å². The Hall–Kier alpha value is -4.13. The third-order valence-corrected chi connectivity index (χ3v) is 5.23. The van der Waals surface area contributed by atoms with Crippen LogP contribution in [-0.2, 0) is 0 Å². The highest BCUT2D eigenvalue weighted by Crippen LogP contribution is 2.30. The quantitative estimate of drug-likeness (QED) is 0.311. The number of rotatable bonds is 3. The maximum absolute atomic E-state index is 11.3. The zero-order valence-corrected chi connectivity index (χ0v) is 16.4. The molecule has 2 heterocycles. The summed E-state index contributed by atoms with van der Waals surface area (Å²) in [4.78, 5) is 25.1. The topological polar surface area (TPSA) is 86.7 Å². The summed E-state index contributed by atoms with van der Waals surface area (Å²) in [6.07, 6.45) is 0. The molecule has 0 aliphatic rings. The molecule has 5 rings (SSSR count). The third-order valence-electron chi connectivity index (χ3n) is 5.23. The second-order valence-corrected chi connectivity index (χ2v) is 7.21. The van der Waals surface area contributed by atoms with E-state index in [-0.39, 0.29) is 5.69 Å². The van der Waals surface area contributed by atoms with Crippen molar-refractivity contribution >= 4 is 28.0 Å². The fourth-order valence-electron chi connectivity index (χ4n) is 3.52. The summed E-state index contributed by atoms with van der Waals surface area (Å²) >= 11 is 0. The molecular formula is C23H17N5O2. The molecule has 0 aliphatic carbocycles. The number of aromatic nitrogens is 4. The van der Waals surface area contributed by atoms with Crippen LogP contribution < -0.4 is 0 Å².